The average molecular weight is 436 g/mol. The lowest BCUT2D eigenvalue weighted by molar-refractivity contribution is -0.118. The van der Waals surface area contributed by atoms with Crippen molar-refractivity contribution in [3.05, 3.63) is 59.2 Å². The Morgan fingerprint density at radius 2 is 1.88 bits per heavy atom. The predicted molar refractivity (Wildman–Crippen MR) is 130 cm³/mol. The highest BCUT2D eigenvalue weighted by molar-refractivity contribution is 5.96. The van der Waals surface area contributed by atoms with Crippen LogP contribution in [0.3, 0.4) is 0 Å². The van der Waals surface area contributed by atoms with Crippen molar-refractivity contribution in [2.45, 2.75) is 71.1 Å². The van der Waals surface area contributed by atoms with Crippen LogP contribution in [0.1, 0.15) is 62.8 Å². The van der Waals surface area contributed by atoms with Crippen LogP contribution in [-0.4, -0.2) is 32.1 Å². The van der Waals surface area contributed by atoms with Crippen molar-refractivity contribution in [2.75, 3.05) is 19.1 Å². The van der Waals surface area contributed by atoms with E-state index >= 15 is 0 Å². The molecule has 0 aromatic heterocycles. The Morgan fingerprint density at radius 1 is 1.12 bits per heavy atom. The van der Waals surface area contributed by atoms with E-state index in [0.717, 1.165) is 36.3 Å². The van der Waals surface area contributed by atoms with Crippen molar-refractivity contribution in [3.8, 4) is 5.75 Å². The van der Waals surface area contributed by atoms with E-state index in [9.17, 15) is 4.79 Å². The molecule has 0 saturated carbocycles. The standard InChI is InChI=1S/C27H37N3O2/c1-27(2,3)24-13-12-21(26(29-24)18-9-7-6-8-10-18)28-17-20-15-22-19(16-23(20)32-5)11-14-25(31)30(22)4/h6-10,15-16,21,24,26,28-29H,11-14,17H2,1-5H3. The molecule has 5 nitrogen and oxygen atoms in total. The number of nitrogens with zero attached hydrogens (tertiary/aromatic N) is 1. The number of methoxy groups -OCH3 is 1. The van der Waals surface area contributed by atoms with Gasteiger partial charge < -0.3 is 20.3 Å². The molecule has 0 spiro atoms. The van der Waals surface area contributed by atoms with E-state index in [-0.39, 0.29) is 17.4 Å². The largest absolute Gasteiger partial charge is 0.496 e. The van der Waals surface area contributed by atoms with Gasteiger partial charge in [0, 0.05) is 49.4 Å². The van der Waals surface area contributed by atoms with E-state index in [4.69, 9.17) is 4.74 Å². The van der Waals surface area contributed by atoms with Crippen molar-refractivity contribution in [2.24, 2.45) is 5.41 Å². The van der Waals surface area contributed by atoms with Gasteiger partial charge in [-0.1, -0.05) is 51.1 Å². The minimum absolute atomic E-state index is 0.176. The highest BCUT2D eigenvalue weighted by Gasteiger charge is 2.36. The number of piperidine rings is 1. The molecule has 2 heterocycles. The number of rotatable bonds is 5. The first kappa shape index (κ1) is 22.8. The van der Waals surface area contributed by atoms with Gasteiger partial charge in [-0.15, -0.1) is 0 Å². The maximum Gasteiger partial charge on any atom is 0.227 e. The Labute approximate surface area is 192 Å². The van der Waals surface area contributed by atoms with Crippen molar-refractivity contribution in [3.63, 3.8) is 0 Å². The van der Waals surface area contributed by atoms with Gasteiger partial charge in [-0.25, -0.2) is 0 Å². The molecule has 2 aromatic carbocycles. The molecule has 2 N–H and O–H groups in total. The maximum absolute atomic E-state index is 12.2. The summed E-state index contributed by atoms with van der Waals surface area (Å²) in [6.45, 7) is 7.65. The zero-order valence-electron chi connectivity index (χ0n) is 20.1. The Balaban J connectivity index is 1.56. The highest BCUT2D eigenvalue weighted by atomic mass is 16.5. The number of hydrogen-bond acceptors (Lipinski definition) is 4. The Morgan fingerprint density at radius 3 is 2.56 bits per heavy atom. The Hall–Kier alpha value is -2.37. The molecule has 0 bridgehead atoms. The molecule has 5 heteroatoms. The number of anilines is 1. The van der Waals surface area contributed by atoms with Crippen LogP contribution in [0.15, 0.2) is 42.5 Å². The second-order valence-corrected chi connectivity index (χ2v) is 10.3. The van der Waals surface area contributed by atoms with Crippen LogP contribution in [-0.2, 0) is 17.8 Å². The predicted octanol–water partition coefficient (Wildman–Crippen LogP) is 4.60. The molecule has 3 unspecified atom stereocenters. The second kappa shape index (κ2) is 9.24. The zero-order chi connectivity index (χ0) is 22.9. The first-order chi connectivity index (χ1) is 15.3. The van der Waals surface area contributed by atoms with E-state index < -0.39 is 0 Å². The summed E-state index contributed by atoms with van der Waals surface area (Å²) in [5.41, 5.74) is 4.83. The van der Waals surface area contributed by atoms with E-state index in [0.29, 0.717) is 25.0 Å². The molecule has 4 rings (SSSR count). The first-order valence-electron chi connectivity index (χ1n) is 11.8. The third-order valence-electron chi connectivity index (χ3n) is 7.13. The molecule has 32 heavy (non-hydrogen) atoms. The summed E-state index contributed by atoms with van der Waals surface area (Å²) in [6.07, 6.45) is 3.59. The summed E-state index contributed by atoms with van der Waals surface area (Å²) >= 11 is 0. The highest BCUT2D eigenvalue weighted by Crippen LogP contribution is 2.36. The van der Waals surface area contributed by atoms with Gasteiger partial charge in [0.15, 0.2) is 0 Å². The van der Waals surface area contributed by atoms with Crippen LogP contribution in [0.4, 0.5) is 5.69 Å². The van der Waals surface area contributed by atoms with Crippen LogP contribution < -0.4 is 20.3 Å². The maximum atomic E-state index is 12.2. The summed E-state index contributed by atoms with van der Waals surface area (Å²) < 4.78 is 5.73. The van der Waals surface area contributed by atoms with E-state index in [1.165, 1.54) is 11.1 Å². The monoisotopic (exact) mass is 435 g/mol. The van der Waals surface area contributed by atoms with Crippen LogP contribution in [0.5, 0.6) is 5.75 Å². The van der Waals surface area contributed by atoms with Crippen molar-refractivity contribution < 1.29 is 9.53 Å². The molecule has 0 aliphatic carbocycles. The number of carbonyl (C=O) groups excluding carboxylic acids is 1. The normalized spacial score (nSPS) is 23.7. The smallest absolute Gasteiger partial charge is 0.227 e. The summed E-state index contributed by atoms with van der Waals surface area (Å²) in [7, 11) is 3.60. The molecule has 1 saturated heterocycles. The van der Waals surface area contributed by atoms with Crippen LogP contribution in [0.2, 0.25) is 0 Å². The van der Waals surface area contributed by atoms with Gasteiger partial charge in [-0.2, -0.15) is 0 Å². The average Bonchev–Trinajstić information content (AvgIpc) is 2.79. The minimum atomic E-state index is 0.176. The van der Waals surface area contributed by atoms with E-state index in [1.807, 2.05) is 7.05 Å². The number of aryl methyl sites for hydroxylation is 1. The molecule has 1 amide bonds. The fourth-order valence-electron chi connectivity index (χ4n) is 5.10. The van der Waals surface area contributed by atoms with Gasteiger partial charge in [0.25, 0.3) is 0 Å². The second-order valence-electron chi connectivity index (χ2n) is 10.3. The first-order valence-corrected chi connectivity index (χ1v) is 11.8. The molecule has 3 atom stereocenters. The van der Waals surface area contributed by atoms with Gasteiger partial charge in [0.2, 0.25) is 5.91 Å². The fourth-order valence-corrected chi connectivity index (χ4v) is 5.10. The number of ether oxygens (including phenoxy) is 1. The van der Waals surface area contributed by atoms with Gasteiger partial charge in [-0.05, 0) is 47.9 Å². The van der Waals surface area contributed by atoms with Crippen LogP contribution in [0.25, 0.3) is 0 Å². The number of nitrogens with one attached hydrogen (secondary N) is 2. The van der Waals surface area contributed by atoms with Gasteiger partial charge in [-0.3, -0.25) is 4.79 Å². The summed E-state index contributed by atoms with van der Waals surface area (Å²) in [5, 5.41) is 7.76. The van der Waals surface area contributed by atoms with Crippen molar-refractivity contribution in [1.82, 2.24) is 10.6 Å². The number of fused-ring (bicyclic) bond motifs is 1. The number of amides is 1. The third-order valence-corrected chi connectivity index (χ3v) is 7.13. The lowest BCUT2D eigenvalue weighted by Gasteiger charge is -2.43. The third kappa shape index (κ3) is 4.69. The van der Waals surface area contributed by atoms with Gasteiger partial charge in [0.1, 0.15) is 5.75 Å². The van der Waals surface area contributed by atoms with Gasteiger partial charge in [0.05, 0.1) is 7.11 Å². The summed E-state index contributed by atoms with van der Waals surface area (Å²) in [5.74, 6) is 1.07. The SMILES string of the molecule is COc1cc2c(cc1CNC1CCC(C(C)(C)C)NC1c1ccccc1)N(C)C(=O)CC2. The summed E-state index contributed by atoms with van der Waals surface area (Å²) in [6, 6.07) is 16.0. The van der Waals surface area contributed by atoms with Crippen LogP contribution >= 0.6 is 0 Å². The molecular weight excluding hydrogens is 398 g/mol. The Bertz CT molecular complexity index is 951. The van der Waals surface area contributed by atoms with Crippen molar-refractivity contribution >= 4 is 11.6 Å². The molecule has 2 aliphatic heterocycles. The Kier molecular flexibility index (Phi) is 6.59. The van der Waals surface area contributed by atoms with Crippen LogP contribution in [0, 0.1) is 5.41 Å². The van der Waals surface area contributed by atoms with E-state index in [2.05, 4.69) is 73.9 Å². The molecule has 2 aliphatic rings. The fraction of sp³-hybridized carbons (Fsp3) is 0.519. The number of carbonyl (C=O) groups is 1. The molecule has 0 radical (unpaired) electrons. The quantitative estimate of drug-likeness (QED) is 0.721. The molecule has 2 aromatic rings. The molecular formula is C27H37N3O2. The topological polar surface area (TPSA) is 53.6 Å². The number of benzene rings is 2. The van der Waals surface area contributed by atoms with E-state index in [1.54, 1.807) is 12.0 Å². The van der Waals surface area contributed by atoms with Crippen molar-refractivity contribution in [1.29, 1.82) is 0 Å². The molecule has 172 valence electrons. The van der Waals surface area contributed by atoms with Gasteiger partial charge >= 0.3 is 0 Å². The lowest BCUT2D eigenvalue weighted by atomic mass is 9.78. The zero-order valence-corrected chi connectivity index (χ0v) is 20.1. The number of hydrogen-bond donors (Lipinski definition) is 2. The summed E-state index contributed by atoms with van der Waals surface area (Å²) in [4.78, 5) is 14.0. The minimum Gasteiger partial charge on any atom is -0.496 e. The lowest BCUT2D eigenvalue weighted by Crippen LogP contribution is -2.54. The molecule has 1 fully saturated rings.